The second kappa shape index (κ2) is 4.98. The molecule has 0 aromatic carbocycles. The summed E-state index contributed by atoms with van der Waals surface area (Å²) < 4.78 is 1.67. The van der Waals surface area contributed by atoms with Gasteiger partial charge in [0.05, 0.1) is 11.7 Å². The molecule has 0 aliphatic heterocycles. The summed E-state index contributed by atoms with van der Waals surface area (Å²) in [6.45, 7) is 2.02. The highest BCUT2D eigenvalue weighted by Crippen LogP contribution is 2.42. The normalized spacial score (nSPS) is 15.9. The van der Waals surface area contributed by atoms with Crippen molar-refractivity contribution in [1.82, 2.24) is 24.5 Å². The summed E-state index contributed by atoms with van der Waals surface area (Å²) in [5, 5.41) is 0. The van der Waals surface area contributed by atoms with Crippen LogP contribution in [0.3, 0.4) is 0 Å². The lowest BCUT2D eigenvalue weighted by molar-refractivity contribution is 0.486. The predicted octanol–water partition coefficient (Wildman–Crippen LogP) is 1.89. The molecular formula is C16H15N5O. The largest absolute Gasteiger partial charge is 0.288 e. The zero-order valence-corrected chi connectivity index (χ0v) is 12.2. The van der Waals surface area contributed by atoms with Gasteiger partial charge in [-0.05, 0) is 37.3 Å². The third kappa shape index (κ3) is 2.07. The zero-order valence-electron chi connectivity index (χ0n) is 12.2. The molecule has 0 spiro atoms. The Balaban J connectivity index is 1.93. The molecule has 0 radical (unpaired) electrons. The second-order valence-corrected chi connectivity index (χ2v) is 5.67. The fraction of sp³-hybridized carbons (Fsp3) is 0.312. The molecule has 4 rings (SSSR count). The number of aromatic nitrogens is 5. The van der Waals surface area contributed by atoms with E-state index < -0.39 is 0 Å². The molecule has 1 aliphatic carbocycles. The maximum atomic E-state index is 12.8. The predicted molar refractivity (Wildman–Crippen MR) is 81.4 cm³/mol. The molecule has 3 aromatic rings. The van der Waals surface area contributed by atoms with E-state index in [-0.39, 0.29) is 11.6 Å². The summed E-state index contributed by atoms with van der Waals surface area (Å²) in [7, 11) is 0. The van der Waals surface area contributed by atoms with Crippen LogP contribution < -0.4 is 5.56 Å². The van der Waals surface area contributed by atoms with Crippen LogP contribution >= 0.6 is 0 Å². The van der Waals surface area contributed by atoms with Crippen molar-refractivity contribution in [2.45, 2.75) is 25.8 Å². The van der Waals surface area contributed by atoms with E-state index in [0.29, 0.717) is 17.1 Å². The molecule has 6 nitrogen and oxygen atoms in total. The molecule has 22 heavy (non-hydrogen) atoms. The van der Waals surface area contributed by atoms with Crippen molar-refractivity contribution < 1.29 is 0 Å². The summed E-state index contributed by atoms with van der Waals surface area (Å²) in [6, 6.07) is 3.86. The molecule has 110 valence electrons. The van der Waals surface area contributed by atoms with E-state index in [1.54, 1.807) is 23.3 Å². The van der Waals surface area contributed by atoms with Gasteiger partial charge in [-0.2, -0.15) is 0 Å². The number of rotatable bonds is 3. The van der Waals surface area contributed by atoms with E-state index in [2.05, 4.69) is 19.9 Å². The number of hydrogen-bond donors (Lipinski definition) is 0. The molecule has 1 atom stereocenters. The SMILES string of the molecule is Cc1cccnc1[C@H](C1CC1)n1cnc2nccnc2c1=O. The maximum absolute atomic E-state index is 12.8. The Morgan fingerprint density at radius 1 is 1.14 bits per heavy atom. The highest BCUT2D eigenvalue weighted by molar-refractivity contribution is 5.67. The van der Waals surface area contributed by atoms with E-state index >= 15 is 0 Å². The number of aryl methyl sites for hydroxylation is 1. The Bertz CT molecular complexity index is 900. The number of hydrogen-bond acceptors (Lipinski definition) is 5. The molecule has 0 bridgehead atoms. The van der Waals surface area contributed by atoms with E-state index in [0.717, 1.165) is 24.1 Å². The molecule has 3 heterocycles. The Morgan fingerprint density at radius 3 is 2.73 bits per heavy atom. The van der Waals surface area contributed by atoms with Crippen molar-refractivity contribution in [3.8, 4) is 0 Å². The van der Waals surface area contributed by atoms with Crippen molar-refractivity contribution in [2.24, 2.45) is 5.92 Å². The van der Waals surface area contributed by atoms with Crippen LogP contribution in [0.25, 0.3) is 11.2 Å². The van der Waals surface area contributed by atoms with Crippen molar-refractivity contribution in [1.29, 1.82) is 0 Å². The summed E-state index contributed by atoms with van der Waals surface area (Å²) in [5.74, 6) is 0.433. The first-order valence-corrected chi connectivity index (χ1v) is 7.35. The van der Waals surface area contributed by atoms with Crippen molar-refractivity contribution in [3.05, 3.63) is 58.7 Å². The van der Waals surface area contributed by atoms with Gasteiger partial charge in [0.1, 0.15) is 6.33 Å². The quantitative estimate of drug-likeness (QED) is 0.737. The Hall–Kier alpha value is -2.63. The van der Waals surface area contributed by atoms with Crippen LogP contribution in [0.5, 0.6) is 0 Å². The third-order valence-corrected chi connectivity index (χ3v) is 4.12. The van der Waals surface area contributed by atoms with Crippen molar-refractivity contribution in [3.63, 3.8) is 0 Å². The Morgan fingerprint density at radius 2 is 1.95 bits per heavy atom. The van der Waals surface area contributed by atoms with Gasteiger partial charge in [-0.3, -0.25) is 14.3 Å². The first kappa shape index (κ1) is 13.1. The molecule has 1 saturated carbocycles. The molecule has 1 fully saturated rings. The molecule has 0 saturated heterocycles. The van der Waals surface area contributed by atoms with Crippen LogP contribution in [-0.4, -0.2) is 24.5 Å². The van der Waals surface area contributed by atoms with Gasteiger partial charge in [0.25, 0.3) is 5.56 Å². The average molecular weight is 293 g/mol. The van der Waals surface area contributed by atoms with E-state index in [1.165, 1.54) is 6.20 Å². The van der Waals surface area contributed by atoms with Crippen LogP contribution in [0.2, 0.25) is 0 Å². The van der Waals surface area contributed by atoms with E-state index in [9.17, 15) is 4.79 Å². The van der Waals surface area contributed by atoms with Gasteiger partial charge in [-0.25, -0.2) is 15.0 Å². The highest BCUT2D eigenvalue weighted by atomic mass is 16.1. The fourth-order valence-corrected chi connectivity index (χ4v) is 2.87. The van der Waals surface area contributed by atoms with Crippen LogP contribution in [0, 0.1) is 12.8 Å². The minimum absolute atomic E-state index is 0.0763. The molecule has 3 aromatic heterocycles. The lowest BCUT2D eigenvalue weighted by Crippen LogP contribution is -2.29. The van der Waals surface area contributed by atoms with Gasteiger partial charge in [0.2, 0.25) is 0 Å². The number of nitrogens with zero attached hydrogens (tertiary/aromatic N) is 5. The Kier molecular flexibility index (Phi) is 2.96. The Labute approximate surface area is 126 Å². The van der Waals surface area contributed by atoms with Crippen molar-refractivity contribution in [2.75, 3.05) is 0 Å². The topological polar surface area (TPSA) is 73.6 Å². The second-order valence-electron chi connectivity index (χ2n) is 5.67. The monoisotopic (exact) mass is 293 g/mol. The molecule has 6 heteroatoms. The average Bonchev–Trinajstić information content (AvgIpc) is 3.37. The summed E-state index contributed by atoms with van der Waals surface area (Å²) in [4.78, 5) is 29.8. The first-order chi connectivity index (χ1) is 10.8. The summed E-state index contributed by atoms with van der Waals surface area (Å²) in [5.41, 5.74) is 2.57. The molecule has 0 N–H and O–H groups in total. The smallest absolute Gasteiger partial charge is 0.282 e. The molecular weight excluding hydrogens is 278 g/mol. The van der Waals surface area contributed by atoms with Crippen LogP contribution in [0.4, 0.5) is 0 Å². The lowest BCUT2D eigenvalue weighted by atomic mass is 10.0. The molecule has 0 amide bonds. The van der Waals surface area contributed by atoms with Gasteiger partial charge in [0.15, 0.2) is 11.2 Å². The van der Waals surface area contributed by atoms with Gasteiger partial charge in [-0.1, -0.05) is 6.07 Å². The summed E-state index contributed by atoms with van der Waals surface area (Å²) >= 11 is 0. The number of pyridine rings is 1. The molecule has 0 unspecified atom stereocenters. The van der Waals surface area contributed by atoms with E-state index in [1.807, 2.05) is 19.1 Å². The third-order valence-electron chi connectivity index (χ3n) is 4.12. The van der Waals surface area contributed by atoms with Crippen molar-refractivity contribution >= 4 is 11.2 Å². The van der Waals surface area contributed by atoms with Crippen LogP contribution in [0.15, 0.2) is 41.8 Å². The van der Waals surface area contributed by atoms with Gasteiger partial charge in [-0.15, -0.1) is 0 Å². The highest BCUT2D eigenvalue weighted by Gasteiger charge is 2.36. The number of fused-ring (bicyclic) bond motifs is 1. The van der Waals surface area contributed by atoms with E-state index in [4.69, 9.17) is 0 Å². The first-order valence-electron chi connectivity index (χ1n) is 7.35. The minimum atomic E-state index is -0.153. The van der Waals surface area contributed by atoms with Gasteiger partial charge in [0, 0.05) is 18.6 Å². The fourth-order valence-electron chi connectivity index (χ4n) is 2.87. The van der Waals surface area contributed by atoms with Crippen LogP contribution in [0.1, 0.15) is 30.1 Å². The standard InChI is InChI=1S/C16H15N5O/c1-10-3-2-6-17-12(10)14(11-4-5-11)21-9-20-15-13(16(21)22)18-7-8-19-15/h2-3,6-9,11,14H,4-5H2,1H3/t14-/m0/s1. The van der Waals surface area contributed by atoms with Crippen LogP contribution in [-0.2, 0) is 0 Å². The molecule has 1 aliphatic rings. The zero-order chi connectivity index (χ0) is 15.1. The van der Waals surface area contributed by atoms with Gasteiger partial charge >= 0.3 is 0 Å². The lowest BCUT2D eigenvalue weighted by Gasteiger charge is -2.20. The van der Waals surface area contributed by atoms with Gasteiger partial charge < -0.3 is 0 Å². The summed E-state index contributed by atoms with van der Waals surface area (Å²) in [6.07, 6.45) is 8.62. The minimum Gasteiger partial charge on any atom is -0.288 e. The maximum Gasteiger partial charge on any atom is 0.282 e.